The Kier molecular flexibility index (Phi) is 3.47. The lowest BCUT2D eigenvalue weighted by Crippen LogP contribution is -2.18. The fourth-order valence-corrected chi connectivity index (χ4v) is 1.36. The zero-order valence-corrected chi connectivity index (χ0v) is 9.24. The van der Waals surface area contributed by atoms with E-state index in [1.165, 1.54) is 0 Å². The molecule has 0 aromatic carbocycles. The van der Waals surface area contributed by atoms with Gasteiger partial charge in [-0.15, -0.1) is 0 Å². The maximum absolute atomic E-state index is 6.05. The SMILES string of the molecule is COc1cc(C)c([C@@H](N)C(C)C)cn1. The highest BCUT2D eigenvalue weighted by atomic mass is 16.5. The Morgan fingerprint density at radius 3 is 2.50 bits per heavy atom. The van der Waals surface area contributed by atoms with E-state index >= 15 is 0 Å². The molecule has 0 fully saturated rings. The monoisotopic (exact) mass is 194 g/mol. The van der Waals surface area contributed by atoms with Crippen molar-refractivity contribution in [3.63, 3.8) is 0 Å². The van der Waals surface area contributed by atoms with Gasteiger partial charge < -0.3 is 10.5 Å². The van der Waals surface area contributed by atoms with Crippen LogP contribution in [0.5, 0.6) is 5.88 Å². The second kappa shape index (κ2) is 4.42. The number of ether oxygens (including phenoxy) is 1. The van der Waals surface area contributed by atoms with Gasteiger partial charge in [-0.3, -0.25) is 0 Å². The molecule has 0 amide bonds. The van der Waals surface area contributed by atoms with Crippen LogP contribution in [0.4, 0.5) is 0 Å². The van der Waals surface area contributed by atoms with Crippen molar-refractivity contribution < 1.29 is 4.74 Å². The number of nitrogens with two attached hydrogens (primary N) is 1. The van der Waals surface area contributed by atoms with Gasteiger partial charge in [0.25, 0.3) is 0 Å². The van der Waals surface area contributed by atoms with Crippen LogP contribution in [0.25, 0.3) is 0 Å². The Bertz CT molecular complexity index is 310. The number of hydrogen-bond donors (Lipinski definition) is 1. The highest BCUT2D eigenvalue weighted by Gasteiger charge is 2.13. The number of rotatable bonds is 3. The molecule has 78 valence electrons. The van der Waals surface area contributed by atoms with E-state index in [1.54, 1.807) is 13.3 Å². The maximum atomic E-state index is 6.05. The minimum atomic E-state index is 0.0495. The first-order chi connectivity index (χ1) is 6.56. The summed E-state index contributed by atoms with van der Waals surface area (Å²) in [5.41, 5.74) is 8.28. The molecule has 0 unspecified atom stereocenters. The summed E-state index contributed by atoms with van der Waals surface area (Å²) in [6.07, 6.45) is 1.80. The maximum Gasteiger partial charge on any atom is 0.213 e. The minimum absolute atomic E-state index is 0.0495. The third kappa shape index (κ3) is 2.23. The summed E-state index contributed by atoms with van der Waals surface area (Å²) in [6.45, 7) is 6.24. The molecule has 1 atom stereocenters. The number of aryl methyl sites for hydroxylation is 1. The average molecular weight is 194 g/mol. The van der Waals surface area contributed by atoms with E-state index in [4.69, 9.17) is 10.5 Å². The van der Waals surface area contributed by atoms with Crippen molar-refractivity contribution in [3.05, 3.63) is 23.4 Å². The van der Waals surface area contributed by atoms with Crippen molar-refractivity contribution in [2.75, 3.05) is 7.11 Å². The van der Waals surface area contributed by atoms with Gasteiger partial charge in [-0.1, -0.05) is 13.8 Å². The number of aromatic nitrogens is 1. The summed E-state index contributed by atoms with van der Waals surface area (Å²) in [5, 5.41) is 0. The molecule has 1 rings (SSSR count). The standard InChI is InChI=1S/C11H18N2O/c1-7(2)11(12)9-6-13-10(14-4)5-8(9)3/h5-7,11H,12H2,1-4H3/t11-/m0/s1. The van der Waals surface area contributed by atoms with Gasteiger partial charge in [-0.05, 0) is 24.0 Å². The molecule has 1 aromatic rings. The second-order valence-electron chi connectivity index (χ2n) is 3.85. The van der Waals surface area contributed by atoms with Gasteiger partial charge in [0.05, 0.1) is 7.11 Å². The molecule has 0 saturated heterocycles. The Morgan fingerprint density at radius 2 is 2.07 bits per heavy atom. The first-order valence-electron chi connectivity index (χ1n) is 4.82. The molecule has 0 aliphatic heterocycles. The van der Waals surface area contributed by atoms with Crippen LogP contribution in [-0.4, -0.2) is 12.1 Å². The van der Waals surface area contributed by atoms with Crippen LogP contribution in [-0.2, 0) is 0 Å². The lowest BCUT2D eigenvalue weighted by atomic mass is 9.95. The quantitative estimate of drug-likeness (QED) is 0.801. The van der Waals surface area contributed by atoms with E-state index in [0.29, 0.717) is 11.8 Å². The number of pyridine rings is 1. The molecule has 1 aromatic heterocycles. The van der Waals surface area contributed by atoms with Crippen LogP contribution in [0, 0.1) is 12.8 Å². The molecule has 0 bridgehead atoms. The summed E-state index contributed by atoms with van der Waals surface area (Å²) in [4.78, 5) is 4.16. The van der Waals surface area contributed by atoms with Gasteiger partial charge >= 0.3 is 0 Å². The van der Waals surface area contributed by atoms with Gasteiger partial charge in [0.2, 0.25) is 5.88 Å². The normalized spacial score (nSPS) is 13.0. The molecule has 14 heavy (non-hydrogen) atoms. The Balaban J connectivity index is 2.99. The molecule has 3 heteroatoms. The first kappa shape index (κ1) is 11.0. The Morgan fingerprint density at radius 1 is 1.43 bits per heavy atom. The fourth-order valence-electron chi connectivity index (χ4n) is 1.36. The van der Waals surface area contributed by atoms with Gasteiger partial charge in [0.1, 0.15) is 0 Å². The summed E-state index contributed by atoms with van der Waals surface area (Å²) in [5.74, 6) is 1.06. The van der Waals surface area contributed by atoms with Crippen LogP contribution < -0.4 is 10.5 Å². The smallest absolute Gasteiger partial charge is 0.213 e. The number of hydrogen-bond acceptors (Lipinski definition) is 3. The first-order valence-corrected chi connectivity index (χ1v) is 4.82. The fraction of sp³-hybridized carbons (Fsp3) is 0.545. The number of methoxy groups -OCH3 is 1. The highest BCUT2D eigenvalue weighted by Crippen LogP contribution is 2.23. The van der Waals surface area contributed by atoms with Gasteiger partial charge in [0, 0.05) is 18.3 Å². The van der Waals surface area contributed by atoms with E-state index in [0.717, 1.165) is 11.1 Å². The summed E-state index contributed by atoms with van der Waals surface area (Å²) < 4.78 is 5.04. The molecule has 2 N–H and O–H groups in total. The molecular formula is C11H18N2O. The van der Waals surface area contributed by atoms with Gasteiger partial charge in [-0.2, -0.15) is 0 Å². The van der Waals surface area contributed by atoms with Crippen molar-refractivity contribution in [1.82, 2.24) is 4.98 Å². The highest BCUT2D eigenvalue weighted by molar-refractivity contribution is 5.30. The molecule has 0 spiro atoms. The van der Waals surface area contributed by atoms with E-state index < -0.39 is 0 Å². The van der Waals surface area contributed by atoms with Crippen LogP contribution in [0.1, 0.15) is 31.0 Å². The van der Waals surface area contributed by atoms with Crippen molar-refractivity contribution in [2.24, 2.45) is 11.7 Å². The average Bonchev–Trinajstić information content (AvgIpc) is 2.16. The van der Waals surface area contributed by atoms with Crippen LogP contribution in [0.3, 0.4) is 0 Å². The second-order valence-corrected chi connectivity index (χ2v) is 3.85. The van der Waals surface area contributed by atoms with Gasteiger partial charge in [0.15, 0.2) is 0 Å². The number of nitrogens with zero attached hydrogens (tertiary/aromatic N) is 1. The Labute approximate surface area is 85.3 Å². The van der Waals surface area contributed by atoms with Crippen molar-refractivity contribution in [1.29, 1.82) is 0 Å². The minimum Gasteiger partial charge on any atom is -0.481 e. The van der Waals surface area contributed by atoms with Crippen molar-refractivity contribution in [2.45, 2.75) is 26.8 Å². The topological polar surface area (TPSA) is 48.1 Å². The van der Waals surface area contributed by atoms with E-state index in [2.05, 4.69) is 18.8 Å². The third-order valence-electron chi connectivity index (χ3n) is 2.41. The van der Waals surface area contributed by atoms with Crippen molar-refractivity contribution >= 4 is 0 Å². The van der Waals surface area contributed by atoms with Crippen molar-refractivity contribution in [3.8, 4) is 5.88 Å². The lowest BCUT2D eigenvalue weighted by molar-refractivity contribution is 0.396. The molecule has 0 aliphatic carbocycles. The third-order valence-corrected chi connectivity index (χ3v) is 2.41. The molecule has 0 aliphatic rings. The molecule has 1 heterocycles. The summed E-state index contributed by atoms with van der Waals surface area (Å²) in [7, 11) is 1.61. The predicted octanol–water partition coefficient (Wildman–Crippen LogP) is 2.05. The van der Waals surface area contributed by atoms with E-state index in [1.807, 2.05) is 13.0 Å². The molecule has 0 radical (unpaired) electrons. The zero-order valence-electron chi connectivity index (χ0n) is 9.24. The largest absolute Gasteiger partial charge is 0.481 e. The summed E-state index contributed by atoms with van der Waals surface area (Å²) >= 11 is 0. The molecule has 0 saturated carbocycles. The van der Waals surface area contributed by atoms with Crippen LogP contribution in [0.2, 0.25) is 0 Å². The van der Waals surface area contributed by atoms with E-state index in [-0.39, 0.29) is 6.04 Å². The lowest BCUT2D eigenvalue weighted by Gasteiger charge is -2.18. The van der Waals surface area contributed by atoms with Crippen LogP contribution in [0.15, 0.2) is 12.3 Å². The van der Waals surface area contributed by atoms with E-state index in [9.17, 15) is 0 Å². The Hall–Kier alpha value is -1.09. The van der Waals surface area contributed by atoms with Crippen LogP contribution >= 0.6 is 0 Å². The van der Waals surface area contributed by atoms with Gasteiger partial charge in [-0.25, -0.2) is 4.98 Å². The molecule has 3 nitrogen and oxygen atoms in total. The zero-order chi connectivity index (χ0) is 10.7. The predicted molar refractivity (Wildman–Crippen MR) is 57.3 cm³/mol. The summed E-state index contributed by atoms with van der Waals surface area (Å²) in [6, 6.07) is 1.96. The molecular weight excluding hydrogens is 176 g/mol.